The van der Waals surface area contributed by atoms with Gasteiger partial charge in [-0.3, -0.25) is 38.5 Å². The number of aliphatic carboxylic acids is 2. The zero-order valence-electron chi connectivity index (χ0n) is 30.7. The lowest BCUT2D eigenvalue weighted by molar-refractivity contribution is -0.145. The number of nitrogens with one attached hydrogen (secondary N) is 5. The molecular weight excluding hydrogens is 736 g/mol. The quantitative estimate of drug-likeness (QED) is 0.0799. The van der Waals surface area contributed by atoms with Gasteiger partial charge in [-0.1, -0.05) is 0 Å². The summed E-state index contributed by atoms with van der Waals surface area (Å²) < 4.78 is 5.03. The molecule has 20 heteroatoms. The molecule has 0 saturated heterocycles. The van der Waals surface area contributed by atoms with E-state index in [1.54, 1.807) is 69.3 Å². The van der Waals surface area contributed by atoms with Crippen LogP contribution in [0.25, 0.3) is 0 Å². The van der Waals surface area contributed by atoms with Crippen LogP contribution in [0.3, 0.4) is 0 Å². The average Bonchev–Trinajstić information content (AvgIpc) is 3.43. The molecule has 298 valence electrons. The number of alkyl carbamates (subject to hydrolysis) is 1. The Morgan fingerprint density at radius 1 is 0.714 bits per heavy atom. The van der Waals surface area contributed by atoms with E-state index in [1.807, 2.05) is 0 Å². The summed E-state index contributed by atoms with van der Waals surface area (Å²) in [5.74, 6) is -7.39. The molecule has 0 saturated carbocycles. The topological polar surface area (TPSA) is 291 Å². The van der Waals surface area contributed by atoms with Crippen molar-refractivity contribution < 1.29 is 58.1 Å². The van der Waals surface area contributed by atoms with Crippen LogP contribution < -0.4 is 26.6 Å². The number of ether oxygens (including phenoxy) is 1. The summed E-state index contributed by atoms with van der Waals surface area (Å²) in [4.78, 5) is 108. The molecule has 1 aliphatic heterocycles. The summed E-state index contributed by atoms with van der Waals surface area (Å²) >= 11 is 0. The Morgan fingerprint density at radius 3 is 1.71 bits per heavy atom. The van der Waals surface area contributed by atoms with Gasteiger partial charge in [0.15, 0.2) is 0 Å². The number of rotatable bonds is 19. The number of hydrogen-bond acceptors (Lipinski definition) is 12. The van der Waals surface area contributed by atoms with Crippen molar-refractivity contribution in [2.75, 3.05) is 30.3 Å². The molecule has 0 radical (unpaired) electrons. The number of carboxylic acids is 2. The lowest BCUT2D eigenvalue weighted by Gasteiger charge is -2.23. The number of carboxylic acid groups (broad SMARTS) is 2. The highest BCUT2D eigenvalue weighted by atomic mass is 16.6. The Bertz CT molecular complexity index is 1850. The number of amides is 7. The molecule has 1 aliphatic rings. The van der Waals surface area contributed by atoms with Crippen LogP contribution in [0.4, 0.5) is 27.5 Å². The Hall–Kier alpha value is -6.99. The lowest BCUT2D eigenvalue weighted by atomic mass is 9.94. The molecule has 0 aromatic heterocycles. The summed E-state index contributed by atoms with van der Waals surface area (Å²) in [6, 6.07) is 11.1. The smallest absolute Gasteiger partial charge is 0.408 e. The second-order valence-electron chi connectivity index (χ2n) is 13.2. The Labute approximate surface area is 320 Å². The van der Waals surface area contributed by atoms with Gasteiger partial charge in [0.1, 0.15) is 18.2 Å². The van der Waals surface area contributed by atoms with Crippen LogP contribution in [-0.4, -0.2) is 99.9 Å². The predicted molar refractivity (Wildman–Crippen MR) is 197 cm³/mol. The van der Waals surface area contributed by atoms with Gasteiger partial charge in [0, 0.05) is 29.9 Å². The van der Waals surface area contributed by atoms with Crippen molar-refractivity contribution in [1.29, 1.82) is 0 Å². The Balaban J connectivity index is 1.33. The highest BCUT2D eigenvalue weighted by Gasteiger charge is 2.30. The fraction of sp³-hybridized carbons (Fsp3) is 0.361. The maximum absolute atomic E-state index is 12.3. The second kappa shape index (κ2) is 20.5. The van der Waals surface area contributed by atoms with Gasteiger partial charge in [-0.05, 0) is 88.6 Å². The highest BCUT2D eigenvalue weighted by Crippen LogP contribution is 2.22. The summed E-state index contributed by atoms with van der Waals surface area (Å²) in [7, 11) is 0. The fourth-order valence-electron chi connectivity index (χ4n) is 4.79. The van der Waals surface area contributed by atoms with Gasteiger partial charge in [-0.2, -0.15) is 10.2 Å². The van der Waals surface area contributed by atoms with E-state index in [4.69, 9.17) is 4.74 Å². The normalized spacial score (nSPS) is 13.4. The van der Waals surface area contributed by atoms with Gasteiger partial charge in [-0.25, -0.2) is 9.59 Å². The monoisotopic (exact) mass is 778 g/mol. The second-order valence-corrected chi connectivity index (χ2v) is 13.2. The third-order valence-electron chi connectivity index (χ3n) is 7.49. The number of benzene rings is 2. The molecule has 0 aliphatic carbocycles. The van der Waals surface area contributed by atoms with E-state index in [2.05, 4.69) is 36.8 Å². The van der Waals surface area contributed by atoms with Gasteiger partial charge in [0.05, 0.1) is 30.4 Å². The van der Waals surface area contributed by atoms with Crippen molar-refractivity contribution in [2.45, 2.75) is 58.1 Å². The van der Waals surface area contributed by atoms with E-state index in [9.17, 15) is 53.4 Å². The predicted octanol–water partition coefficient (Wildman–Crippen LogP) is 2.38. The number of carbonyl (C=O) groups is 9. The van der Waals surface area contributed by atoms with Crippen LogP contribution in [0, 0.1) is 5.92 Å². The Kier molecular flexibility index (Phi) is 15.9. The van der Waals surface area contributed by atoms with Gasteiger partial charge >= 0.3 is 18.0 Å². The largest absolute Gasteiger partial charge is 0.481 e. The van der Waals surface area contributed by atoms with Crippen molar-refractivity contribution in [3.8, 4) is 0 Å². The molecule has 7 amide bonds. The minimum absolute atomic E-state index is 0.0500. The summed E-state index contributed by atoms with van der Waals surface area (Å²) in [6.45, 7) is 3.48. The summed E-state index contributed by atoms with van der Waals surface area (Å²) in [6.07, 6.45) is 0.537. The molecule has 56 heavy (non-hydrogen) atoms. The molecule has 2 aromatic rings. The van der Waals surface area contributed by atoms with Crippen molar-refractivity contribution in [1.82, 2.24) is 20.9 Å². The first kappa shape index (κ1) is 43.4. The van der Waals surface area contributed by atoms with Crippen molar-refractivity contribution >= 4 is 76.2 Å². The van der Waals surface area contributed by atoms with E-state index in [0.29, 0.717) is 22.7 Å². The number of imide groups is 1. The number of anilines is 2. The third-order valence-corrected chi connectivity index (χ3v) is 7.49. The number of azo groups is 1. The molecule has 7 N–H and O–H groups in total. The van der Waals surface area contributed by atoms with E-state index in [1.165, 1.54) is 0 Å². The molecule has 20 nitrogen and oxygen atoms in total. The number of nitrogens with zero attached hydrogens (tertiary/aromatic N) is 3. The molecule has 1 heterocycles. The minimum Gasteiger partial charge on any atom is -0.481 e. The van der Waals surface area contributed by atoms with E-state index < -0.39 is 97.1 Å². The maximum Gasteiger partial charge on any atom is 0.408 e. The average molecular weight is 779 g/mol. The number of carbonyl (C=O) groups excluding carboxylic acids is 7. The summed E-state index contributed by atoms with van der Waals surface area (Å²) in [5.41, 5.74) is 0.847. The molecule has 0 fully saturated rings. The zero-order valence-corrected chi connectivity index (χ0v) is 30.7. The van der Waals surface area contributed by atoms with Crippen LogP contribution in [0.2, 0.25) is 0 Å². The minimum atomic E-state index is -1.53. The molecule has 2 aromatic carbocycles. The van der Waals surface area contributed by atoms with E-state index in [-0.39, 0.29) is 19.3 Å². The first-order chi connectivity index (χ1) is 26.4. The van der Waals surface area contributed by atoms with Crippen LogP contribution in [-0.2, 0) is 43.1 Å². The van der Waals surface area contributed by atoms with Crippen LogP contribution >= 0.6 is 0 Å². The SMILES string of the molecule is CC(C)(C)OC(=O)N[C@@H](CC(CCCC(=O)NCC(=O)NCC(=O)Nc1ccc(N=Nc2ccc(NC(=O)CN3C(=O)C=CC3=O)cc2)cc1)C(=O)O)C(=O)O. The third kappa shape index (κ3) is 15.5. The van der Waals surface area contributed by atoms with Gasteiger partial charge < -0.3 is 41.5 Å². The molecule has 3 rings (SSSR count). The standard InChI is InChI=1S/C36H42N8O12/c1-36(2,3)56-35(55)41-26(34(53)54)17-21(33(51)52)5-4-6-27(45)37-18-28(46)38-19-29(47)39-22-7-11-24(12-8-22)42-43-25-13-9-23(10-14-25)40-30(48)20-44-31(49)15-16-32(44)50/h7-16,21,26H,4-6,17-20H2,1-3H3,(H,37,45)(H,38,46)(H,39,47)(H,40,48)(H,41,55)(H,51,52)(H,53,54)/t21?,26-/m0/s1. The van der Waals surface area contributed by atoms with Gasteiger partial charge in [0.2, 0.25) is 23.6 Å². The summed E-state index contributed by atoms with van der Waals surface area (Å²) in [5, 5.41) is 39.3. The first-order valence-corrected chi connectivity index (χ1v) is 17.1. The molecule has 2 atom stereocenters. The lowest BCUT2D eigenvalue weighted by Crippen LogP contribution is -2.45. The molecule has 1 unspecified atom stereocenters. The highest BCUT2D eigenvalue weighted by molar-refractivity contribution is 6.15. The van der Waals surface area contributed by atoms with Crippen molar-refractivity contribution in [2.24, 2.45) is 16.1 Å². The maximum atomic E-state index is 12.3. The van der Waals surface area contributed by atoms with Crippen LogP contribution in [0.1, 0.15) is 46.5 Å². The fourth-order valence-corrected chi connectivity index (χ4v) is 4.79. The van der Waals surface area contributed by atoms with E-state index in [0.717, 1.165) is 17.1 Å². The molecular formula is C36H42N8O12. The Morgan fingerprint density at radius 2 is 1.21 bits per heavy atom. The number of hydrogen-bond donors (Lipinski definition) is 7. The first-order valence-electron chi connectivity index (χ1n) is 17.1. The van der Waals surface area contributed by atoms with Crippen molar-refractivity contribution in [3.63, 3.8) is 0 Å². The van der Waals surface area contributed by atoms with Crippen LogP contribution in [0.15, 0.2) is 70.9 Å². The molecule has 0 spiro atoms. The van der Waals surface area contributed by atoms with E-state index >= 15 is 0 Å². The van der Waals surface area contributed by atoms with Gasteiger partial charge in [0.25, 0.3) is 11.8 Å². The van der Waals surface area contributed by atoms with Crippen LogP contribution in [0.5, 0.6) is 0 Å². The van der Waals surface area contributed by atoms with Crippen molar-refractivity contribution in [3.05, 3.63) is 60.7 Å². The molecule has 0 bridgehead atoms. The zero-order chi connectivity index (χ0) is 41.4. The van der Waals surface area contributed by atoms with Gasteiger partial charge in [-0.15, -0.1) is 0 Å².